The predicted octanol–water partition coefficient (Wildman–Crippen LogP) is 4.11. The highest BCUT2D eigenvalue weighted by molar-refractivity contribution is 5.87. The Hall–Kier alpha value is -1.63. The number of ether oxygens (including phenoxy) is 1. The van der Waals surface area contributed by atoms with Gasteiger partial charge >= 0.3 is 5.97 Å². The minimum Gasteiger partial charge on any atom is -0.464 e. The van der Waals surface area contributed by atoms with Gasteiger partial charge in [0.15, 0.2) is 0 Å². The third-order valence-electron chi connectivity index (χ3n) is 5.44. The molecule has 0 aliphatic heterocycles. The van der Waals surface area contributed by atoms with Gasteiger partial charge in [0.25, 0.3) is 0 Å². The number of rotatable bonds is 21. The van der Waals surface area contributed by atoms with Gasteiger partial charge in [0.05, 0.1) is 12.6 Å². The lowest BCUT2D eigenvalue weighted by Crippen LogP contribution is -2.48. The summed E-state index contributed by atoms with van der Waals surface area (Å²) >= 11 is 0. The number of carbonyl (C=O) groups is 3. The number of hydrogen-bond acceptors (Lipinski definition) is 5. The maximum absolute atomic E-state index is 12.2. The normalized spacial score (nSPS) is 12.9. The average molecular weight is 442 g/mol. The largest absolute Gasteiger partial charge is 0.464 e. The van der Waals surface area contributed by atoms with Crippen molar-refractivity contribution in [3.63, 3.8) is 0 Å². The molecule has 0 unspecified atom stereocenters. The first-order chi connectivity index (χ1) is 14.9. The van der Waals surface area contributed by atoms with E-state index in [9.17, 15) is 14.4 Å². The predicted molar refractivity (Wildman–Crippen MR) is 125 cm³/mol. The van der Waals surface area contributed by atoms with Crippen LogP contribution in [0.2, 0.25) is 0 Å². The van der Waals surface area contributed by atoms with E-state index in [1.165, 1.54) is 77.6 Å². The fourth-order valence-corrected chi connectivity index (χ4v) is 3.41. The smallest absolute Gasteiger partial charge is 0.328 e. The van der Waals surface area contributed by atoms with Gasteiger partial charge in [-0.15, -0.1) is 0 Å². The number of esters is 1. The zero-order valence-electron chi connectivity index (χ0n) is 20.0. The Morgan fingerprint density at radius 3 is 1.68 bits per heavy atom. The lowest BCUT2D eigenvalue weighted by Gasteiger charge is -2.18. The second kappa shape index (κ2) is 20.3. The lowest BCUT2D eigenvalue weighted by atomic mass is 10.0. The van der Waals surface area contributed by atoms with E-state index in [4.69, 9.17) is 16.2 Å². The number of hydrogen-bond donors (Lipinski definition) is 3. The van der Waals surface area contributed by atoms with Gasteiger partial charge < -0.3 is 21.5 Å². The minimum absolute atomic E-state index is 0.00213. The van der Waals surface area contributed by atoms with Crippen molar-refractivity contribution in [1.82, 2.24) is 5.32 Å². The van der Waals surface area contributed by atoms with Crippen LogP contribution in [0.3, 0.4) is 0 Å². The van der Waals surface area contributed by atoms with Crippen molar-refractivity contribution in [2.24, 2.45) is 11.5 Å². The highest BCUT2D eigenvalue weighted by Gasteiger charge is 2.24. The summed E-state index contributed by atoms with van der Waals surface area (Å²) in [5.41, 5.74) is 10.7. The zero-order chi connectivity index (χ0) is 23.3. The Morgan fingerprint density at radius 1 is 0.806 bits per heavy atom. The molecule has 0 aromatic heterocycles. The van der Waals surface area contributed by atoms with Gasteiger partial charge in [-0.25, -0.2) is 4.79 Å². The van der Waals surface area contributed by atoms with Crippen LogP contribution < -0.4 is 16.8 Å². The lowest BCUT2D eigenvalue weighted by molar-refractivity contribution is -0.148. The standard InChI is InChI=1S/C24H47N3O4/c1-3-4-5-6-7-8-9-10-11-12-13-14-15-16-19-31-24(30)21(17-18-22(26)28)27-23(29)20(2)25/h20-21H,3-19,25H2,1-2H3,(H2,26,28)(H,27,29)/t20-,21+/m1/s1. The van der Waals surface area contributed by atoms with Crippen molar-refractivity contribution in [2.75, 3.05) is 6.61 Å². The molecule has 0 fully saturated rings. The Labute approximate surface area is 189 Å². The summed E-state index contributed by atoms with van der Waals surface area (Å²) in [6.45, 7) is 4.10. The first-order valence-electron chi connectivity index (χ1n) is 12.4. The van der Waals surface area contributed by atoms with Gasteiger partial charge in [-0.1, -0.05) is 90.4 Å². The van der Waals surface area contributed by atoms with Crippen LogP contribution in [0.5, 0.6) is 0 Å². The number of nitrogens with two attached hydrogens (primary N) is 2. The SMILES string of the molecule is CCCCCCCCCCCCCCCCOC(=O)[C@H](CCC(N)=O)NC(=O)[C@@H](C)N. The topological polar surface area (TPSA) is 125 Å². The molecular formula is C24H47N3O4. The summed E-state index contributed by atoms with van der Waals surface area (Å²) in [4.78, 5) is 35.0. The van der Waals surface area contributed by atoms with Crippen molar-refractivity contribution in [2.45, 2.75) is 129 Å². The molecule has 7 nitrogen and oxygen atoms in total. The molecular weight excluding hydrogens is 394 g/mol. The van der Waals surface area contributed by atoms with Crippen LogP contribution in [0, 0.1) is 0 Å². The molecule has 7 heteroatoms. The number of carbonyl (C=O) groups excluding carboxylic acids is 3. The Balaban J connectivity index is 3.72. The molecule has 31 heavy (non-hydrogen) atoms. The van der Waals surface area contributed by atoms with E-state index in [0.717, 1.165) is 19.3 Å². The van der Waals surface area contributed by atoms with Gasteiger partial charge in [-0.2, -0.15) is 0 Å². The zero-order valence-corrected chi connectivity index (χ0v) is 20.0. The Kier molecular flexibility index (Phi) is 19.2. The molecule has 0 spiro atoms. The molecule has 0 aromatic carbocycles. The number of nitrogens with one attached hydrogen (secondary N) is 1. The van der Waals surface area contributed by atoms with Crippen LogP contribution in [0.4, 0.5) is 0 Å². The Morgan fingerprint density at radius 2 is 1.26 bits per heavy atom. The summed E-state index contributed by atoms with van der Waals surface area (Å²) < 4.78 is 5.28. The van der Waals surface area contributed by atoms with E-state index < -0.39 is 29.9 Å². The van der Waals surface area contributed by atoms with E-state index in [1.807, 2.05) is 0 Å². The average Bonchev–Trinajstić information content (AvgIpc) is 2.73. The minimum atomic E-state index is -0.891. The summed E-state index contributed by atoms with van der Waals surface area (Å²) in [5, 5.41) is 2.53. The van der Waals surface area contributed by atoms with Crippen molar-refractivity contribution in [3.8, 4) is 0 Å². The molecule has 0 aromatic rings. The second-order valence-electron chi connectivity index (χ2n) is 8.62. The van der Waals surface area contributed by atoms with E-state index in [2.05, 4.69) is 12.2 Å². The summed E-state index contributed by atoms with van der Waals surface area (Å²) in [5.74, 6) is -1.52. The Bertz CT molecular complexity index is 483. The third-order valence-corrected chi connectivity index (χ3v) is 5.44. The van der Waals surface area contributed by atoms with Crippen LogP contribution in [-0.2, 0) is 19.1 Å². The molecule has 182 valence electrons. The molecule has 0 heterocycles. The van der Waals surface area contributed by atoms with E-state index in [0.29, 0.717) is 6.61 Å². The molecule has 5 N–H and O–H groups in total. The number of primary amides is 1. The quantitative estimate of drug-likeness (QED) is 0.183. The highest BCUT2D eigenvalue weighted by atomic mass is 16.5. The molecule has 0 saturated heterocycles. The number of amides is 2. The van der Waals surface area contributed by atoms with E-state index >= 15 is 0 Å². The monoisotopic (exact) mass is 441 g/mol. The first kappa shape index (κ1) is 29.4. The molecule has 0 saturated carbocycles. The van der Waals surface area contributed by atoms with Gasteiger partial charge in [0, 0.05) is 6.42 Å². The first-order valence-corrected chi connectivity index (χ1v) is 12.4. The fourth-order valence-electron chi connectivity index (χ4n) is 3.41. The van der Waals surface area contributed by atoms with Crippen molar-refractivity contribution in [1.29, 1.82) is 0 Å². The second-order valence-corrected chi connectivity index (χ2v) is 8.62. The van der Waals surface area contributed by atoms with Crippen molar-refractivity contribution < 1.29 is 19.1 Å². The van der Waals surface area contributed by atoms with E-state index in [-0.39, 0.29) is 12.8 Å². The van der Waals surface area contributed by atoms with Crippen LogP contribution in [0.25, 0.3) is 0 Å². The van der Waals surface area contributed by atoms with Gasteiger partial charge in [0.1, 0.15) is 6.04 Å². The molecule has 2 amide bonds. The number of unbranched alkanes of at least 4 members (excludes halogenated alkanes) is 13. The fraction of sp³-hybridized carbons (Fsp3) is 0.875. The van der Waals surface area contributed by atoms with Gasteiger partial charge in [-0.3, -0.25) is 9.59 Å². The van der Waals surface area contributed by atoms with Gasteiger partial charge in [0.2, 0.25) is 11.8 Å². The molecule has 0 rings (SSSR count). The highest BCUT2D eigenvalue weighted by Crippen LogP contribution is 2.13. The van der Waals surface area contributed by atoms with Crippen LogP contribution in [0.1, 0.15) is 117 Å². The summed E-state index contributed by atoms with van der Waals surface area (Å²) in [6, 6.07) is -1.63. The van der Waals surface area contributed by atoms with Crippen LogP contribution in [-0.4, -0.2) is 36.5 Å². The van der Waals surface area contributed by atoms with E-state index in [1.54, 1.807) is 0 Å². The maximum atomic E-state index is 12.2. The molecule has 0 bridgehead atoms. The molecule has 0 aliphatic carbocycles. The third kappa shape index (κ3) is 18.8. The summed E-state index contributed by atoms with van der Waals surface area (Å²) in [7, 11) is 0. The molecule has 0 aliphatic rings. The van der Waals surface area contributed by atoms with Crippen molar-refractivity contribution in [3.05, 3.63) is 0 Å². The molecule has 2 atom stereocenters. The van der Waals surface area contributed by atoms with Gasteiger partial charge in [-0.05, 0) is 19.8 Å². The van der Waals surface area contributed by atoms with Crippen molar-refractivity contribution >= 4 is 17.8 Å². The molecule has 0 radical (unpaired) electrons. The summed E-state index contributed by atoms with van der Waals surface area (Å²) in [6.07, 6.45) is 17.8. The van der Waals surface area contributed by atoms with Crippen LogP contribution in [0.15, 0.2) is 0 Å². The maximum Gasteiger partial charge on any atom is 0.328 e. The van der Waals surface area contributed by atoms with Crippen LogP contribution >= 0.6 is 0 Å².